The molecule has 6 atom stereocenters. The van der Waals surface area contributed by atoms with Gasteiger partial charge in [0.15, 0.2) is 0 Å². The van der Waals surface area contributed by atoms with Gasteiger partial charge in [-0.25, -0.2) is 0 Å². The maximum Gasteiger partial charge on any atom is -0.00189 e. The maximum atomic E-state index is 4.07. The molecule has 0 nitrogen and oxygen atoms in total. The molecule has 0 saturated heterocycles. The van der Waals surface area contributed by atoms with E-state index in [1.807, 2.05) is 0 Å². The summed E-state index contributed by atoms with van der Waals surface area (Å²) >= 11 is 0. The molecule has 0 heteroatoms. The summed E-state index contributed by atoms with van der Waals surface area (Å²) in [5, 5.41) is 0. The molecule has 0 radical (unpaired) electrons. The highest BCUT2D eigenvalue weighted by molar-refractivity contribution is 5.47. The predicted molar refractivity (Wildman–Crippen MR) is 41.7 cm³/mol. The molecular weight excluding hydrogens is 132 g/mol. The fraction of sp³-hybridized carbons (Fsp3) is 0.818. The normalized spacial score (nSPS) is 89.3. The number of rotatable bonds is 1. The van der Waals surface area contributed by atoms with E-state index in [2.05, 4.69) is 12.7 Å². The SMILES string of the molecule is C=CC12C3[C@@H]4[C@H]5C[C@H]([C@@H]34)[C@H]1[C@H]52. The average molecular weight is 144 g/mol. The van der Waals surface area contributed by atoms with E-state index in [0.717, 1.165) is 17.3 Å². The molecule has 0 aliphatic heterocycles. The van der Waals surface area contributed by atoms with Gasteiger partial charge >= 0.3 is 0 Å². The zero-order valence-electron chi connectivity index (χ0n) is 6.53. The molecule has 11 heavy (non-hydrogen) atoms. The van der Waals surface area contributed by atoms with Gasteiger partial charge in [-0.15, -0.1) is 6.58 Å². The molecule has 0 amide bonds. The van der Waals surface area contributed by atoms with Crippen molar-refractivity contribution in [2.24, 2.45) is 46.8 Å². The van der Waals surface area contributed by atoms with Gasteiger partial charge in [-0.1, -0.05) is 6.08 Å². The van der Waals surface area contributed by atoms with Crippen LogP contribution in [-0.2, 0) is 0 Å². The Morgan fingerprint density at radius 1 is 1.09 bits per heavy atom. The summed E-state index contributed by atoms with van der Waals surface area (Å²) < 4.78 is 0. The van der Waals surface area contributed by atoms with Gasteiger partial charge in [0.05, 0.1) is 0 Å². The van der Waals surface area contributed by atoms with Gasteiger partial charge in [0.2, 0.25) is 0 Å². The fourth-order valence-electron chi connectivity index (χ4n) is 6.14. The van der Waals surface area contributed by atoms with Crippen LogP contribution in [0.25, 0.3) is 0 Å². The first-order valence-electron chi connectivity index (χ1n) is 5.05. The van der Waals surface area contributed by atoms with E-state index in [0.29, 0.717) is 0 Å². The topological polar surface area (TPSA) is 0 Å². The minimum absolute atomic E-state index is 0.753. The van der Waals surface area contributed by atoms with Crippen LogP contribution in [0.3, 0.4) is 0 Å². The van der Waals surface area contributed by atoms with Crippen molar-refractivity contribution in [1.82, 2.24) is 0 Å². The molecule has 2 bridgehead atoms. The monoisotopic (exact) mass is 144 g/mol. The number of hydrogen-bond donors (Lipinski definition) is 0. The van der Waals surface area contributed by atoms with Gasteiger partial charge in [0.25, 0.3) is 0 Å². The van der Waals surface area contributed by atoms with E-state index in [4.69, 9.17) is 0 Å². The van der Waals surface area contributed by atoms with Crippen LogP contribution >= 0.6 is 0 Å². The summed E-state index contributed by atoms with van der Waals surface area (Å²) in [6.07, 6.45) is 3.97. The quantitative estimate of drug-likeness (QED) is 0.493. The van der Waals surface area contributed by atoms with Gasteiger partial charge in [0.1, 0.15) is 0 Å². The highest BCUT2D eigenvalue weighted by Gasteiger charge is 2.96. The Morgan fingerprint density at radius 3 is 2.00 bits per heavy atom. The molecular formula is C11H12. The molecule has 0 heterocycles. The summed E-state index contributed by atoms with van der Waals surface area (Å²) in [6.45, 7) is 4.07. The van der Waals surface area contributed by atoms with Crippen molar-refractivity contribution in [3.8, 4) is 0 Å². The highest BCUT2D eigenvalue weighted by atomic mass is 15.0. The molecule has 6 aliphatic carbocycles. The van der Waals surface area contributed by atoms with Gasteiger partial charge in [-0.3, -0.25) is 0 Å². The molecule has 0 unspecified atom stereocenters. The van der Waals surface area contributed by atoms with Crippen LogP contribution in [0.1, 0.15) is 6.42 Å². The lowest BCUT2D eigenvalue weighted by atomic mass is 9.99. The van der Waals surface area contributed by atoms with Crippen LogP contribution in [0.2, 0.25) is 0 Å². The van der Waals surface area contributed by atoms with E-state index in [1.54, 1.807) is 6.42 Å². The second-order valence-electron chi connectivity index (χ2n) is 5.50. The second kappa shape index (κ2) is 0.901. The van der Waals surface area contributed by atoms with E-state index < -0.39 is 0 Å². The lowest BCUT2D eigenvalue weighted by Gasteiger charge is -2.05. The number of hydrogen-bond acceptors (Lipinski definition) is 0. The third kappa shape index (κ3) is 0.210. The first-order chi connectivity index (χ1) is 5.41. The van der Waals surface area contributed by atoms with Crippen LogP contribution in [-0.4, -0.2) is 0 Å². The van der Waals surface area contributed by atoms with E-state index in [9.17, 15) is 0 Å². The third-order valence-corrected chi connectivity index (χ3v) is 5.95. The van der Waals surface area contributed by atoms with E-state index in [1.165, 1.54) is 29.6 Å². The molecule has 6 saturated carbocycles. The van der Waals surface area contributed by atoms with Crippen LogP contribution in [0, 0.1) is 46.8 Å². The minimum Gasteiger partial charge on any atom is -0.102 e. The first-order valence-corrected chi connectivity index (χ1v) is 5.05. The highest BCUT2D eigenvalue weighted by Crippen LogP contribution is 3.00. The minimum atomic E-state index is 0.753. The average Bonchev–Trinajstić information content (AvgIpc) is 2.79. The standard InChI is InChI=1S/C11H12/c1-2-11-8-4-3-5(9(8)11)7-6(4)10(7)11/h2,4-10H,1,3H2/t4-,5-,6-,7-,8+,9+,10?,11?/m1/s1. The Hall–Kier alpha value is -0.260. The van der Waals surface area contributed by atoms with Crippen molar-refractivity contribution in [2.45, 2.75) is 6.42 Å². The summed E-state index contributed by atoms with van der Waals surface area (Å²) in [6, 6.07) is 0. The lowest BCUT2D eigenvalue weighted by molar-refractivity contribution is 0.434. The second-order valence-corrected chi connectivity index (χ2v) is 5.50. The van der Waals surface area contributed by atoms with Crippen molar-refractivity contribution >= 4 is 0 Å². The largest absolute Gasteiger partial charge is 0.102 e. The molecule has 6 rings (SSSR count). The summed E-state index contributed by atoms with van der Waals surface area (Å²) in [4.78, 5) is 0. The van der Waals surface area contributed by atoms with Gasteiger partial charge in [-0.2, -0.15) is 0 Å². The predicted octanol–water partition coefficient (Wildman–Crippen LogP) is 1.93. The summed E-state index contributed by atoms with van der Waals surface area (Å²) in [5.74, 6) is 8.30. The molecule has 6 aliphatic rings. The van der Waals surface area contributed by atoms with Crippen LogP contribution < -0.4 is 0 Å². The Bertz CT molecular complexity index is 276. The van der Waals surface area contributed by atoms with Crippen LogP contribution in [0.4, 0.5) is 0 Å². The van der Waals surface area contributed by atoms with E-state index in [-0.39, 0.29) is 0 Å². The van der Waals surface area contributed by atoms with Gasteiger partial charge in [0, 0.05) is 0 Å². The smallest absolute Gasteiger partial charge is 0.00189 e. The maximum absolute atomic E-state index is 4.07. The van der Waals surface area contributed by atoms with Gasteiger partial charge in [-0.05, 0) is 53.3 Å². The Labute approximate surface area is 66.7 Å². The molecule has 6 fully saturated rings. The Morgan fingerprint density at radius 2 is 1.73 bits per heavy atom. The van der Waals surface area contributed by atoms with Crippen molar-refractivity contribution in [1.29, 1.82) is 0 Å². The van der Waals surface area contributed by atoms with Crippen molar-refractivity contribution in [2.75, 3.05) is 0 Å². The van der Waals surface area contributed by atoms with Crippen molar-refractivity contribution < 1.29 is 0 Å². The summed E-state index contributed by atoms with van der Waals surface area (Å²) in [7, 11) is 0. The fourth-order valence-corrected chi connectivity index (χ4v) is 6.14. The summed E-state index contributed by atoms with van der Waals surface area (Å²) in [5.41, 5.74) is 0.753. The van der Waals surface area contributed by atoms with E-state index >= 15 is 0 Å². The molecule has 0 N–H and O–H groups in total. The lowest BCUT2D eigenvalue weighted by Crippen LogP contribution is -2.00. The molecule has 0 spiro atoms. The van der Waals surface area contributed by atoms with Crippen molar-refractivity contribution in [3.63, 3.8) is 0 Å². The Kier molecular flexibility index (Phi) is 0.384. The van der Waals surface area contributed by atoms with Gasteiger partial charge < -0.3 is 0 Å². The van der Waals surface area contributed by atoms with Crippen molar-refractivity contribution in [3.05, 3.63) is 12.7 Å². The molecule has 56 valence electrons. The van der Waals surface area contributed by atoms with Crippen LogP contribution in [0.5, 0.6) is 0 Å². The zero-order chi connectivity index (χ0) is 6.96. The molecule has 0 aromatic rings. The number of allylic oxidation sites excluding steroid dienone is 1. The van der Waals surface area contributed by atoms with Crippen LogP contribution in [0.15, 0.2) is 12.7 Å². The zero-order valence-corrected chi connectivity index (χ0v) is 6.53. The Balaban J connectivity index is 1.91. The molecule has 0 aromatic carbocycles. The third-order valence-electron chi connectivity index (χ3n) is 5.95. The first kappa shape index (κ1) is 4.69. The molecule has 0 aromatic heterocycles.